The van der Waals surface area contributed by atoms with Crippen molar-refractivity contribution in [1.82, 2.24) is 0 Å². The lowest BCUT2D eigenvalue weighted by atomic mass is 9.87. The summed E-state index contributed by atoms with van der Waals surface area (Å²) >= 11 is 3.42. The summed E-state index contributed by atoms with van der Waals surface area (Å²) < 4.78 is 11.6. The minimum absolute atomic E-state index is 0.0645. The van der Waals surface area contributed by atoms with Gasteiger partial charge in [0.25, 0.3) is 0 Å². The van der Waals surface area contributed by atoms with E-state index in [2.05, 4.69) is 41.7 Å². The van der Waals surface area contributed by atoms with Gasteiger partial charge < -0.3 is 9.47 Å². The van der Waals surface area contributed by atoms with E-state index < -0.39 is 5.97 Å². The third-order valence-electron chi connectivity index (χ3n) is 4.10. The number of cyclic esters (lactones) is 1. The number of esters is 1. The summed E-state index contributed by atoms with van der Waals surface area (Å²) in [6.45, 7) is 6.46. The van der Waals surface area contributed by atoms with Gasteiger partial charge >= 0.3 is 5.97 Å². The molecule has 2 aromatic carbocycles. The van der Waals surface area contributed by atoms with Gasteiger partial charge in [0, 0.05) is 15.6 Å². The molecule has 0 unspecified atom stereocenters. The average Bonchev–Trinajstić information content (AvgIpc) is 2.95. The van der Waals surface area contributed by atoms with Gasteiger partial charge in [-0.1, -0.05) is 48.8 Å². The molecule has 5 heteroatoms. The van der Waals surface area contributed by atoms with Crippen molar-refractivity contribution in [2.24, 2.45) is 4.99 Å². The highest BCUT2D eigenvalue weighted by molar-refractivity contribution is 9.10. The van der Waals surface area contributed by atoms with E-state index in [4.69, 9.17) is 9.47 Å². The number of aliphatic imine (C=N–C) groups is 1. The van der Waals surface area contributed by atoms with E-state index in [-0.39, 0.29) is 11.1 Å². The highest BCUT2D eigenvalue weighted by atomic mass is 79.9. The number of carbonyl (C=O) groups is 1. The van der Waals surface area contributed by atoms with Crippen LogP contribution in [0.3, 0.4) is 0 Å². The van der Waals surface area contributed by atoms with Crippen molar-refractivity contribution in [3.8, 4) is 5.75 Å². The van der Waals surface area contributed by atoms with Gasteiger partial charge in [-0.2, -0.15) is 0 Å². The smallest absolute Gasteiger partial charge is 0.363 e. The Morgan fingerprint density at radius 1 is 1.12 bits per heavy atom. The maximum atomic E-state index is 12.2. The first-order valence-corrected chi connectivity index (χ1v) is 9.04. The van der Waals surface area contributed by atoms with Crippen LogP contribution in [0.15, 0.2) is 57.6 Å². The molecule has 0 fully saturated rings. The van der Waals surface area contributed by atoms with Crippen molar-refractivity contribution in [2.75, 3.05) is 7.11 Å². The molecule has 0 spiro atoms. The average molecular weight is 414 g/mol. The van der Waals surface area contributed by atoms with E-state index >= 15 is 0 Å². The molecule has 2 aromatic rings. The second-order valence-corrected chi connectivity index (χ2v) is 7.97. The third kappa shape index (κ3) is 3.88. The maximum absolute atomic E-state index is 12.2. The molecular formula is C21H20BrNO3. The molecule has 0 atom stereocenters. The number of rotatable bonds is 3. The van der Waals surface area contributed by atoms with E-state index in [1.165, 1.54) is 5.56 Å². The zero-order valence-electron chi connectivity index (χ0n) is 15.2. The zero-order chi connectivity index (χ0) is 18.9. The van der Waals surface area contributed by atoms with E-state index in [0.717, 1.165) is 15.6 Å². The number of carbonyl (C=O) groups excluding carboxylic acids is 1. The van der Waals surface area contributed by atoms with Crippen LogP contribution in [0.1, 0.15) is 37.5 Å². The molecule has 4 nitrogen and oxygen atoms in total. The summed E-state index contributed by atoms with van der Waals surface area (Å²) in [5.41, 5.74) is 3.05. The van der Waals surface area contributed by atoms with E-state index in [1.54, 1.807) is 13.2 Å². The minimum Gasteiger partial charge on any atom is -0.496 e. The van der Waals surface area contributed by atoms with Gasteiger partial charge in [-0.3, -0.25) is 0 Å². The summed E-state index contributed by atoms with van der Waals surface area (Å²) in [7, 11) is 1.59. The van der Waals surface area contributed by atoms with Gasteiger partial charge in [-0.15, -0.1) is 0 Å². The first-order chi connectivity index (χ1) is 12.3. The van der Waals surface area contributed by atoms with Gasteiger partial charge in [0.05, 0.1) is 7.11 Å². The Morgan fingerprint density at radius 3 is 2.42 bits per heavy atom. The molecular weight excluding hydrogens is 394 g/mol. The topological polar surface area (TPSA) is 47.9 Å². The molecule has 1 heterocycles. The molecule has 0 radical (unpaired) electrons. The number of ether oxygens (including phenoxy) is 2. The fourth-order valence-corrected chi connectivity index (χ4v) is 2.99. The molecule has 134 valence electrons. The lowest BCUT2D eigenvalue weighted by Crippen LogP contribution is -2.11. The largest absolute Gasteiger partial charge is 0.496 e. The normalized spacial score (nSPS) is 15.8. The van der Waals surface area contributed by atoms with Gasteiger partial charge in [-0.05, 0) is 47.4 Å². The summed E-state index contributed by atoms with van der Waals surface area (Å²) in [6.07, 6.45) is 1.67. The molecule has 0 amide bonds. The zero-order valence-corrected chi connectivity index (χ0v) is 16.8. The first kappa shape index (κ1) is 18.4. The number of halogens is 1. The quantitative estimate of drug-likeness (QED) is 0.519. The number of methoxy groups -OCH3 is 1. The van der Waals surface area contributed by atoms with Crippen LogP contribution in [0, 0.1) is 0 Å². The van der Waals surface area contributed by atoms with Gasteiger partial charge in [0.2, 0.25) is 5.90 Å². The third-order valence-corrected chi connectivity index (χ3v) is 4.60. The van der Waals surface area contributed by atoms with Crippen LogP contribution >= 0.6 is 15.9 Å². The summed E-state index contributed by atoms with van der Waals surface area (Å²) in [5.74, 6) is 0.504. The maximum Gasteiger partial charge on any atom is 0.363 e. The molecule has 0 aliphatic carbocycles. The van der Waals surface area contributed by atoms with Gasteiger partial charge in [0.15, 0.2) is 5.70 Å². The Kier molecular flexibility index (Phi) is 5.01. The van der Waals surface area contributed by atoms with Crippen LogP contribution in [0.4, 0.5) is 0 Å². The molecule has 1 aliphatic heterocycles. The highest BCUT2D eigenvalue weighted by Crippen LogP contribution is 2.28. The number of nitrogens with zero attached hydrogens (tertiary/aromatic N) is 1. The Hall–Kier alpha value is -2.40. The number of benzene rings is 2. The molecule has 0 aromatic heterocycles. The first-order valence-electron chi connectivity index (χ1n) is 8.25. The van der Waals surface area contributed by atoms with Crippen LogP contribution < -0.4 is 4.74 Å². The summed E-state index contributed by atoms with van der Waals surface area (Å²) in [6, 6.07) is 13.5. The van der Waals surface area contributed by atoms with Crippen LogP contribution in [0.25, 0.3) is 6.08 Å². The fraction of sp³-hybridized carbons (Fsp3) is 0.238. The molecule has 0 saturated heterocycles. The van der Waals surface area contributed by atoms with E-state index in [9.17, 15) is 4.79 Å². The molecule has 1 aliphatic rings. The van der Waals surface area contributed by atoms with E-state index in [1.807, 2.05) is 42.5 Å². The SMILES string of the molecule is COc1ccc(Br)cc1/C=C1/N=C(c2ccc(C(C)(C)C)cc2)OC1=O. The van der Waals surface area contributed by atoms with E-state index in [0.29, 0.717) is 11.6 Å². The monoisotopic (exact) mass is 413 g/mol. The number of hydrogen-bond donors (Lipinski definition) is 0. The van der Waals surface area contributed by atoms with Crippen LogP contribution in [0.2, 0.25) is 0 Å². The van der Waals surface area contributed by atoms with Crippen LogP contribution in [-0.4, -0.2) is 19.0 Å². The Morgan fingerprint density at radius 2 is 1.81 bits per heavy atom. The van der Waals surface area contributed by atoms with Crippen LogP contribution in [0.5, 0.6) is 5.75 Å². The van der Waals surface area contributed by atoms with Crippen LogP contribution in [-0.2, 0) is 14.9 Å². The van der Waals surface area contributed by atoms with Gasteiger partial charge in [-0.25, -0.2) is 9.79 Å². The molecule has 26 heavy (non-hydrogen) atoms. The molecule has 0 N–H and O–H groups in total. The van der Waals surface area contributed by atoms with Crippen molar-refractivity contribution in [2.45, 2.75) is 26.2 Å². The van der Waals surface area contributed by atoms with Crippen molar-refractivity contribution in [1.29, 1.82) is 0 Å². The molecule has 0 saturated carbocycles. The predicted octanol–water partition coefficient (Wildman–Crippen LogP) is 5.10. The molecule has 0 bridgehead atoms. The minimum atomic E-state index is -0.470. The Bertz CT molecular complexity index is 906. The molecule has 3 rings (SSSR count). The Balaban J connectivity index is 1.93. The van der Waals surface area contributed by atoms with Crippen molar-refractivity contribution < 1.29 is 14.3 Å². The van der Waals surface area contributed by atoms with Crippen molar-refractivity contribution in [3.63, 3.8) is 0 Å². The second-order valence-electron chi connectivity index (χ2n) is 7.05. The van der Waals surface area contributed by atoms with Gasteiger partial charge in [0.1, 0.15) is 5.75 Å². The summed E-state index contributed by atoms with van der Waals surface area (Å²) in [5, 5.41) is 0. The fourth-order valence-electron chi connectivity index (χ4n) is 2.61. The predicted molar refractivity (Wildman–Crippen MR) is 106 cm³/mol. The highest BCUT2D eigenvalue weighted by Gasteiger charge is 2.25. The van der Waals surface area contributed by atoms with Crippen molar-refractivity contribution >= 4 is 33.9 Å². The standard InChI is InChI=1S/C21H20BrNO3/c1-21(2,3)15-7-5-13(6-8-15)19-23-17(20(24)26-19)12-14-11-16(22)9-10-18(14)25-4/h5-12H,1-4H3/b17-12+. The second kappa shape index (κ2) is 7.08. The lowest BCUT2D eigenvalue weighted by molar-refractivity contribution is -0.129. The number of hydrogen-bond acceptors (Lipinski definition) is 4. The van der Waals surface area contributed by atoms with Crippen molar-refractivity contribution in [3.05, 3.63) is 69.3 Å². The summed E-state index contributed by atoms with van der Waals surface area (Å²) in [4.78, 5) is 16.6. The Labute approximate surface area is 161 Å². The lowest BCUT2D eigenvalue weighted by Gasteiger charge is -2.18.